The van der Waals surface area contributed by atoms with Crippen molar-refractivity contribution in [2.24, 2.45) is 0 Å². The molecule has 0 spiro atoms. The number of benzene rings is 1. The molecule has 0 aliphatic carbocycles. The highest BCUT2D eigenvalue weighted by molar-refractivity contribution is 5.79. The van der Waals surface area contributed by atoms with Crippen LogP contribution in [-0.4, -0.2) is 21.0 Å². The van der Waals surface area contributed by atoms with Crippen molar-refractivity contribution in [3.8, 4) is 5.88 Å². The molecule has 0 saturated heterocycles. The van der Waals surface area contributed by atoms with Gasteiger partial charge in [-0.25, -0.2) is 9.97 Å². The third-order valence-corrected chi connectivity index (χ3v) is 3.35. The lowest BCUT2D eigenvalue weighted by molar-refractivity contribution is 0.323. The molecule has 0 radical (unpaired) electrons. The van der Waals surface area contributed by atoms with E-state index in [-0.39, 0.29) is 11.5 Å². The van der Waals surface area contributed by atoms with Crippen molar-refractivity contribution in [2.75, 3.05) is 6.61 Å². The smallest absolute Gasteiger partial charge is 0.265 e. The predicted molar refractivity (Wildman–Crippen MR) is 82.0 cm³/mol. The quantitative estimate of drug-likeness (QED) is 0.694. The molecular formula is C16H17N3O2. The van der Waals surface area contributed by atoms with Crippen molar-refractivity contribution in [3.63, 3.8) is 0 Å². The van der Waals surface area contributed by atoms with Crippen molar-refractivity contribution >= 4 is 16.6 Å². The van der Waals surface area contributed by atoms with Crippen molar-refractivity contribution < 1.29 is 4.74 Å². The van der Waals surface area contributed by atoms with Gasteiger partial charge in [-0.05, 0) is 25.0 Å². The predicted octanol–water partition coefficient (Wildman–Crippen LogP) is 2.76. The van der Waals surface area contributed by atoms with Crippen LogP contribution < -0.4 is 10.3 Å². The Bertz CT molecular complexity index is 868. The van der Waals surface area contributed by atoms with E-state index in [1.807, 2.05) is 39.0 Å². The Morgan fingerprint density at radius 2 is 2.00 bits per heavy atom. The van der Waals surface area contributed by atoms with Crippen LogP contribution in [0.2, 0.25) is 0 Å². The number of rotatable bonds is 3. The molecule has 0 bridgehead atoms. The maximum atomic E-state index is 12.7. The van der Waals surface area contributed by atoms with Gasteiger partial charge in [0.2, 0.25) is 5.88 Å². The lowest BCUT2D eigenvalue weighted by Crippen LogP contribution is -2.18. The van der Waals surface area contributed by atoms with Crippen LogP contribution in [0.3, 0.4) is 0 Å². The number of aromatic nitrogens is 3. The highest BCUT2D eigenvalue weighted by atomic mass is 16.5. The van der Waals surface area contributed by atoms with Crippen LogP contribution in [0.15, 0.2) is 35.3 Å². The van der Waals surface area contributed by atoms with Gasteiger partial charge in [-0.15, -0.1) is 0 Å². The van der Waals surface area contributed by atoms with E-state index in [9.17, 15) is 4.79 Å². The summed E-state index contributed by atoms with van der Waals surface area (Å²) in [5, 5.41) is 0.596. The lowest BCUT2D eigenvalue weighted by atomic mass is 10.1. The molecule has 3 aromatic rings. The molecule has 1 aromatic carbocycles. The molecule has 5 heteroatoms. The number of nitrogens with zero attached hydrogens (tertiary/aromatic N) is 3. The standard InChI is InChI=1S/C16H17N3O2/c1-4-21-13-9-19-15(14(18-13)10(2)3)17-12-8-6-5-7-11(12)16(19)20/h5-10H,4H2,1-3H3. The minimum absolute atomic E-state index is 0.0964. The molecule has 108 valence electrons. The number of hydrogen-bond acceptors (Lipinski definition) is 4. The van der Waals surface area contributed by atoms with Crippen LogP contribution in [0, 0.1) is 0 Å². The molecule has 0 aliphatic rings. The fourth-order valence-electron chi connectivity index (χ4n) is 2.36. The second kappa shape index (κ2) is 5.16. The van der Waals surface area contributed by atoms with Gasteiger partial charge in [0, 0.05) is 0 Å². The van der Waals surface area contributed by atoms with Crippen LogP contribution in [0.25, 0.3) is 16.6 Å². The molecule has 5 nitrogen and oxygen atoms in total. The first kappa shape index (κ1) is 13.5. The Morgan fingerprint density at radius 3 is 2.71 bits per heavy atom. The molecule has 0 amide bonds. The van der Waals surface area contributed by atoms with Gasteiger partial charge in [-0.1, -0.05) is 26.0 Å². The van der Waals surface area contributed by atoms with Crippen molar-refractivity contribution in [1.82, 2.24) is 14.4 Å². The van der Waals surface area contributed by atoms with Gasteiger partial charge < -0.3 is 4.74 Å². The molecule has 0 fully saturated rings. The Kier molecular flexibility index (Phi) is 3.33. The summed E-state index contributed by atoms with van der Waals surface area (Å²) in [7, 11) is 0. The molecule has 0 atom stereocenters. The van der Waals surface area contributed by atoms with E-state index in [2.05, 4.69) is 9.97 Å². The zero-order chi connectivity index (χ0) is 15.0. The summed E-state index contributed by atoms with van der Waals surface area (Å²) < 4.78 is 7.01. The van der Waals surface area contributed by atoms with E-state index < -0.39 is 0 Å². The van der Waals surface area contributed by atoms with Crippen LogP contribution in [0.1, 0.15) is 32.4 Å². The summed E-state index contributed by atoms with van der Waals surface area (Å²) in [6, 6.07) is 7.35. The summed E-state index contributed by atoms with van der Waals surface area (Å²) in [5.74, 6) is 0.598. The topological polar surface area (TPSA) is 56.5 Å². The first-order chi connectivity index (χ1) is 10.1. The SMILES string of the molecule is CCOc1cn2c(=O)c3ccccc3nc2c(C(C)C)n1. The van der Waals surface area contributed by atoms with E-state index in [1.54, 1.807) is 12.3 Å². The van der Waals surface area contributed by atoms with E-state index in [4.69, 9.17) is 4.74 Å². The van der Waals surface area contributed by atoms with Gasteiger partial charge in [0.15, 0.2) is 5.65 Å². The maximum absolute atomic E-state index is 12.7. The fraction of sp³-hybridized carbons (Fsp3) is 0.312. The third-order valence-electron chi connectivity index (χ3n) is 3.35. The van der Waals surface area contributed by atoms with Gasteiger partial charge in [0.1, 0.15) is 0 Å². The summed E-state index contributed by atoms with van der Waals surface area (Å²) >= 11 is 0. The molecule has 21 heavy (non-hydrogen) atoms. The molecule has 0 N–H and O–H groups in total. The zero-order valence-electron chi connectivity index (χ0n) is 12.3. The van der Waals surface area contributed by atoms with Crippen LogP contribution in [0.4, 0.5) is 0 Å². The highest BCUT2D eigenvalue weighted by Gasteiger charge is 2.14. The summed E-state index contributed by atoms with van der Waals surface area (Å²) in [5.41, 5.74) is 1.96. The zero-order valence-corrected chi connectivity index (χ0v) is 12.3. The molecule has 0 unspecified atom stereocenters. The normalized spacial score (nSPS) is 11.4. The maximum Gasteiger partial charge on any atom is 0.265 e. The van der Waals surface area contributed by atoms with Crippen molar-refractivity contribution in [2.45, 2.75) is 26.7 Å². The van der Waals surface area contributed by atoms with E-state index in [0.29, 0.717) is 29.0 Å². The van der Waals surface area contributed by atoms with E-state index in [1.165, 1.54) is 4.40 Å². The van der Waals surface area contributed by atoms with Gasteiger partial charge in [-0.3, -0.25) is 9.20 Å². The Morgan fingerprint density at radius 1 is 1.24 bits per heavy atom. The molecule has 2 aromatic heterocycles. The van der Waals surface area contributed by atoms with E-state index in [0.717, 1.165) is 5.69 Å². The molecule has 0 aliphatic heterocycles. The molecular weight excluding hydrogens is 266 g/mol. The van der Waals surface area contributed by atoms with Crippen LogP contribution >= 0.6 is 0 Å². The van der Waals surface area contributed by atoms with Gasteiger partial charge in [0.05, 0.1) is 29.4 Å². The second-order valence-electron chi connectivity index (χ2n) is 5.18. The number of para-hydroxylation sites is 1. The average molecular weight is 283 g/mol. The first-order valence-electron chi connectivity index (χ1n) is 7.06. The Balaban J connectivity index is 2.46. The van der Waals surface area contributed by atoms with Crippen molar-refractivity contribution in [1.29, 1.82) is 0 Å². The molecule has 2 heterocycles. The number of hydrogen-bond donors (Lipinski definition) is 0. The van der Waals surface area contributed by atoms with Crippen LogP contribution in [0.5, 0.6) is 5.88 Å². The second-order valence-corrected chi connectivity index (χ2v) is 5.18. The van der Waals surface area contributed by atoms with Gasteiger partial charge >= 0.3 is 0 Å². The van der Waals surface area contributed by atoms with Crippen molar-refractivity contribution in [3.05, 3.63) is 46.5 Å². The number of ether oxygens (including phenoxy) is 1. The molecule has 0 saturated carbocycles. The number of fused-ring (bicyclic) bond motifs is 2. The monoisotopic (exact) mass is 283 g/mol. The summed E-state index contributed by atoms with van der Waals surface area (Å²) in [6.07, 6.45) is 1.62. The Labute approximate surface area is 122 Å². The summed E-state index contributed by atoms with van der Waals surface area (Å²) in [4.78, 5) is 21.8. The third kappa shape index (κ3) is 2.24. The van der Waals surface area contributed by atoms with Gasteiger partial charge in [-0.2, -0.15) is 0 Å². The fourth-order valence-corrected chi connectivity index (χ4v) is 2.36. The Hall–Kier alpha value is -2.43. The minimum atomic E-state index is -0.0964. The minimum Gasteiger partial charge on any atom is -0.477 e. The average Bonchev–Trinajstić information content (AvgIpc) is 2.48. The largest absolute Gasteiger partial charge is 0.477 e. The summed E-state index contributed by atoms with van der Waals surface area (Å²) in [6.45, 7) is 6.45. The van der Waals surface area contributed by atoms with E-state index >= 15 is 0 Å². The van der Waals surface area contributed by atoms with Gasteiger partial charge in [0.25, 0.3) is 5.56 Å². The van der Waals surface area contributed by atoms with Crippen LogP contribution in [-0.2, 0) is 0 Å². The molecule has 3 rings (SSSR count). The first-order valence-corrected chi connectivity index (χ1v) is 7.06. The highest BCUT2D eigenvalue weighted by Crippen LogP contribution is 2.21. The lowest BCUT2D eigenvalue weighted by Gasteiger charge is -2.12.